The van der Waals surface area contributed by atoms with Crippen LogP contribution in [0, 0.1) is 0 Å². The molecule has 0 aliphatic rings. The van der Waals surface area contributed by atoms with Crippen molar-refractivity contribution in [2.24, 2.45) is 0 Å². The molecule has 12 aromatic carbocycles. The third-order valence-corrected chi connectivity index (χ3v) is 15.0. The monoisotopic (exact) mass is 955 g/mol. The summed E-state index contributed by atoms with van der Waals surface area (Å²) in [4.78, 5) is 2.42. The van der Waals surface area contributed by atoms with Gasteiger partial charge in [0, 0.05) is 49.9 Å². The quantitative estimate of drug-likeness (QED) is 0.133. The fraction of sp³-hybridized carbons (Fsp3) is 0. The number of aromatic nitrogens is 2. The van der Waals surface area contributed by atoms with E-state index in [-0.39, 0.29) is 0 Å². The summed E-state index contributed by atoms with van der Waals surface area (Å²) in [6, 6.07) is 108. The predicted octanol–water partition coefficient (Wildman–Crippen LogP) is 19.7. The molecule has 0 saturated heterocycles. The second-order valence-electron chi connectivity index (χ2n) is 19.2. The van der Waals surface area contributed by atoms with Gasteiger partial charge < -0.3 is 14.0 Å². The zero-order chi connectivity index (χ0) is 49.7. The van der Waals surface area contributed by atoms with Gasteiger partial charge in [0.2, 0.25) is 0 Å². The average molecular weight is 956 g/mol. The highest BCUT2D eigenvalue weighted by molar-refractivity contribution is 6.11. The van der Waals surface area contributed by atoms with Gasteiger partial charge in [0.25, 0.3) is 0 Å². The van der Waals surface area contributed by atoms with Crippen molar-refractivity contribution in [3.63, 3.8) is 0 Å². The Morgan fingerprint density at radius 3 is 1.13 bits per heavy atom. The lowest BCUT2D eigenvalue weighted by molar-refractivity contribution is 1.18. The van der Waals surface area contributed by atoms with Crippen LogP contribution in [0.25, 0.3) is 111 Å². The molecule has 0 saturated carbocycles. The fourth-order valence-corrected chi connectivity index (χ4v) is 11.5. The second-order valence-corrected chi connectivity index (χ2v) is 19.2. The molecule has 0 fully saturated rings. The Labute approximate surface area is 436 Å². The molecule has 0 aliphatic carbocycles. The van der Waals surface area contributed by atoms with Crippen LogP contribution in [0.15, 0.2) is 297 Å². The summed E-state index contributed by atoms with van der Waals surface area (Å²) < 4.78 is 4.76. The predicted molar refractivity (Wildman–Crippen MR) is 317 cm³/mol. The average Bonchev–Trinajstić information content (AvgIpc) is 4.03. The minimum absolute atomic E-state index is 1.07. The summed E-state index contributed by atoms with van der Waals surface area (Å²) in [5, 5.41) is 5.02. The fourth-order valence-electron chi connectivity index (χ4n) is 11.5. The minimum atomic E-state index is 1.07. The van der Waals surface area contributed by atoms with E-state index in [1.54, 1.807) is 0 Å². The molecule has 3 heteroatoms. The van der Waals surface area contributed by atoms with Crippen LogP contribution >= 0.6 is 0 Å². The SMILES string of the molecule is c1ccc(-c2ccccc2-c2ccccc2-c2ccccc2N(c2ccc(-c3ccc(-n4c5ccccc5c5ccccc54)cc3)cc2)c2ccc(-c3ccc4c5ccccc5n(-c5ccccc5)c4c3)cc2)cc1. The third-order valence-electron chi connectivity index (χ3n) is 15.0. The molecule has 0 N–H and O–H groups in total. The third kappa shape index (κ3) is 7.69. The molecule has 0 spiro atoms. The summed E-state index contributed by atoms with van der Waals surface area (Å²) in [5.41, 5.74) is 22.1. The molecule has 0 atom stereocenters. The lowest BCUT2D eigenvalue weighted by Gasteiger charge is -2.29. The number of nitrogens with zero attached hydrogens (tertiary/aromatic N) is 3. The molecule has 0 radical (unpaired) electrons. The van der Waals surface area contributed by atoms with Crippen molar-refractivity contribution >= 4 is 60.7 Å². The summed E-state index contributed by atoms with van der Waals surface area (Å²) >= 11 is 0. The van der Waals surface area contributed by atoms with Crippen LogP contribution in [0.5, 0.6) is 0 Å². The Kier molecular flexibility index (Phi) is 10.8. The van der Waals surface area contributed by atoms with E-state index in [0.29, 0.717) is 0 Å². The summed E-state index contributed by atoms with van der Waals surface area (Å²) in [6.45, 7) is 0. The Balaban J connectivity index is 0.878. The molecular formula is C72H49N3. The maximum Gasteiger partial charge on any atom is 0.0547 e. The van der Waals surface area contributed by atoms with Crippen LogP contribution in [0.4, 0.5) is 17.1 Å². The normalized spacial score (nSPS) is 11.5. The number of para-hydroxylation sites is 5. The maximum atomic E-state index is 2.42. The van der Waals surface area contributed by atoms with Crippen molar-refractivity contribution < 1.29 is 0 Å². The van der Waals surface area contributed by atoms with Crippen LogP contribution in [0.2, 0.25) is 0 Å². The van der Waals surface area contributed by atoms with Gasteiger partial charge in [-0.15, -0.1) is 0 Å². The smallest absolute Gasteiger partial charge is 0.0547 e. The standard InChI is InChI=1S/C72H49N3/c1-3-19-53(20-4-1)59-23-7-8-24-60(59)61-25-9-10-26-62(61)63-27-11-15-31-68(63)73(56-42-35-50(36-43-56)51-37-46-58(47-38-51)74-69-32-16-12-28-64(69)65-29-13-17-33-70(65)74)57-44-39-52(40-45-57)54-41-48-67-66-30-14-18-34-71(66)75(72(67)49-54)55-21-5-2-6-22-55/h1-49H. The highest BCUT2D eigenvalue weighted by atomic mass is 15.1. The lowest BCUT2D eigenvalue weighted by Crippen LogP contribution is -2.11. The van der Waals surface area contributed by atoms with Gasteiger partial charge in [-0.1, -0.05) is 218 Å². The van der Waals surface area contributed by atoms with Crippen LogP contribution in [0.1, 0.15) is 0 Å². The molecule has 2 heterocycles. The van der Waals surface area contributed by atoms with E-state index >= 15 is 0 Å². The summed E-state index contributed by atoms with van der Waals surface area (Å²) in [5.74, 6) is 0. The molecule has 0 amide bonds. The van der Waals surface area contributed by atoms with Crippen molar-refractivity contribution in [1.29, 1.82) is 0 Å². The first-order valence-corrected chi connectivity index (χ1v) is 25.8. The van der Waals surface area contributed by atoms with E-state index in [1.807, 2.05) is 0 Å². The summed E-state index contributed by atoms with van der Waals surface area (Å²) in [6.07, 6.45) is 0. The number of benzene rings is 12. The zero-order valence-electron chi connectivity index (χ0n) is 41.1. The van der Waals surface area contributed by atoms with Crippen molar-refractivity contribution in [1.82, 2.24) is 9.13 Å². The first-order valence-electron chi connectivity index (χ1n) is 25.8. The maximum absolute atomic E-state index is 2.42. The van der Waals surface area contributed by atoms with Gasteiger partial charge in [-0.3, -0.25) is 0 Å². The van der Waals surface area contributed by atoms with E-state index < -0.39 is 0 Å². The van der Waals surface area contributed by atoms with Gasteiger partial charge in [-0.2, -0.15) is 0 Å². The van der Waals surface area contributed by atoms with Crippen LogP contribution in [-0.4, -0.2) is 9.13 Å². The van der Waals surface area contributed by atoms with Crippen molar-refractivity contribution in [2.75, 3.05) is 4.90 Å². The molecular weight excluding hydrogens is 907 g/mol. The second kappa shape index (κ2) is 18.6. The molecule has 2 aromatic heterocycles. The van der Waals surface area contributed by atoms with Gasteiger partial charge in [-0.05, 0) is 129 Å². The molecule has 0 bridgehead atoms. The van der Waals surface area contributed by atoms with E-state index in [0.717, 1.165) is 50.7 Å². The van der Waals surface area contributed by atoms with Gasteiger partial charge in [0.05, 0.1) is 27.8 Å². The number of rotatable bonds is 10. The van der Waals surface area contributed by atoms with E-state index in [9.17, 15) is 0 Å². The van der Waals surface area contributed by atoms with Gasteiger partial charge in [0.1, 0.15) is 0 Å². The van der Waals surface area contributed by atoms with Gasteiger partial charge >= 0.3 is 0 Å². The number of anilines is 3. The molecule has 75 heavy (non-hydrogen) atoms. The topological polar surface area (TPSA) is 13.1 Å². The Hall–Kier alpha value is -9.96. The van der Waals surface area contributed by atoms with Gasteiger partial charge in [-0.25, -0.2) is 0 Å². The Morgan fingerprint density at radius 2 is 0.573 bits per heavy atom. The highest BCUT2D eigenvalue weighted by Crippen LogP contribution is 2.46. The molecule has 0 unspecified atom stereocenters. The van der Waals surface area contributed by atoms with Crippen molar-refractivity contribution in [3.05, 3.63) is 297 Å². The van der Waals surface area contributed by atoms with Gasteiger partial charge in [0.15, 0.2) is 0 Å². The lowest BCUT2D eigenvalue weighted by atomic mass is 9.88. The first-order chi connectivity index (χ1) is 37.2. The molecule has 14 aromatic rings. The Bertz CT molecular complexity index is 4320. The first kappa shape index (κ1) is 43.8. The largest absolute Gasteiger partial charge is 0.310 e. The highest BCUT2D eigenvalue weighted by Gasteiger charge is 2.21. The van der Waals surface area contributed by atoms with Crippen LogP contribution < -0.4 is 4.90 Å². The van der Waals surface area contributed by atoms with E-state index in [2.05, 4.69) is 311 Å². The summed E-state index contributed by atoms with van der Waals surface area (Å²) in [7, 11) is 0. The van der Waals surface area contributed by atoms with E-state index in [4.69, 9.17) is 0 Å². The molecule has 0 aliphatic heterocycles. The molecule has 3 nitrogen and oxygen atoms in total. The number of fused-ring (bicyclic) bond motifs is 6. The minimum Gasteiger partial charge on any atom is -0.310 e. The van der Waals surface area contributed by atoms with Crippen LogP contribution in [0.3, 0.4) is 0 Å². The van der Waals surface area contributed by atoms with Crippen LogP contribution in [-0.2, 0) is 0 Å². The number of hydrogen-bond donors (Lipinski definition) is 0. The van der Waals surface area contributed by atoms with E-state index in [1.165, 1.54) is 77.0 Å². The zero-order valence-corrected chi connectivity index (χ0v) is 41.1. The van der Waals surface area contributed by atoms with Crippen molar-refractivity contribution in [3.8, 4) is 67.0 Å². The Morgan fingerprint density at radius 1 is 0.213 bits per heavy atom. The molecule has 352 valence electrons. The molecule has 14 rings (SSSR count). The van der Waals surface area contributed by atoms with Crippen molar-refractivity contribution in [2.45, 2.75) is 0 Å². The number of hydrogen-bond acceptors (Lipinski definition) is 1.